The van der Waals surface area contributed by atoms with Gasteiger partial charge in [-0.3, -0.25) is 4.99 Å². The second-order valence-electron chi connectivity index (χ2n) is 7.45. The van der Waals surface area contributed by atoms with Crippen molar-refractivity contribution in [2.24, 2.45) is 10.7 Å². The highest BCUT2D eigenvalue weighted by atomic mass is 15.0. The second-order valence-corrected chi connectivity index (χ2v) is 7.45. The number of hydrogen-bond donors (Lipinski definition) is 2. The zero-order chi connectivity index (χ0) is 18.3. The lowest BCUT2D eigenvalue weighted by molar-refractivity contribution is 0.253. The molecule has 2 aromatic carbocycles. The lowest BCUT2D eigenvalue weighted by Gasteiger charge is -2.38. The molecule has 5 rings (SSSR count). The minimum Gasteiger partial charge on any atom is -0.345 e. The summed E-state index contributed by atoms with van der Waals surface area (Å²) in [5, 5.41) is 3.22. The van der Waals surface area contributed by atoms with Crippen LogP contribution in [-0.2, 0) is 12.1 Å². The average molecular weight is 354 g/mol. The van der Waals surface area contributed by atoms with Crippen molar-refractivity contribution in [3.63, 3.8) is 0 Å². The Bertz CT molecular complexity index is 1000. The molecule has 2 aliphatic rings. The lowest BCUT2D eigenvalue weighted by atomic mass is 9.72. The zero-order valence-corrected chi connectivity index (χ0v) is 15.2. The first-order valence-corrected chi connectivity index (χ1v) is 9.47. The van der Waals surface area contributed by atoms with Crippen LogP contribution in [0.1, 0.15) is 30.5 Å². The van der Waals surface area contributed by atoms with Gasteiger partial charge in [-0.15, -0.1) is 0 Å². The summed E-state index contributed by atoms with van der Waals surface area (Å²) in [6, 6.07) is 21.2. The Labute approximate surface area is 159 Å². The molecular formula is C23H22N4. The van der Waals surface area contributed by atoms with Crippen molar-refractivity contribution in [1.29, 1.82) is 0 Å². The third kappa shape index (κ3) is 2.82. The van der Waals surface area contributed by atoms with Crippen molar-refractivity contribution in [3.05, 3.63) is 71.9 Å². The number of nitrogens with one attached hydrogen (secondary N) is 1. The first kappa shape index (κ1) is 16.2. The van der Waals surface area contributed by atoms with Gasteiger partial charge in [-0.05, 0) is 36.5 Å². The molecule has 3 aromatic rings. The average Bonchev–Trinajstić information content (AvgIpc) is 2.72. The van der Waals surface area contributed by atoms with E-state index in [2.05, 4.69) is 64.9 Å². The normalized spacial score (nSPS) is 16.9. The molecule has 4 heteroatoms. The molecule has 0 spiro atoms. The monoisotopic (exact) mass is 354 g/mol. The molecule has 0 bridgehead atoms. The minimum absolute atomic E-state index is 0.136. The van der Waals surface area contributed by atoms with Crippen LogP contribution in [0, 0.1) is 0 Å². The van der Waals surface area contributed by atoms with Gasteiger partial charge >= 0.3 is 0 Å². The number of fused-ring (bicyclic) bond motifs is 1. The van der Waals surface area contributed by atoms with E-state index < -0.39 is 0 Å². The van der Waals surface area contributed by atoms with E-state index >= 15 is 0 Å². The van der Waals surface area contributed by atoms with E-state index in [1.54, 1.807) is 6.34 Å². The first-order valence-electron chi connectivity index (χ1n) is 9.47. The second kappa shape index (κ2) is 6.32. The fourth-order valence-electron chi connectivity index (χ4n) is 3.91. The number of rotatable bonds is 3. The number of anilines is 1. The van der Waals surface area contributed by atoms with Gasteiger partial charge in [0.1, 0.15) is 0 Å². The van der Waals surface area contributed by atoms with Crippen LogP contribution >= 0.6 is 0 Å². The van der Waals surface area contributed by atoms with Gasteiger partial charge in [-0.1, -0.05) is 54.6 Å². The van der Waals surface area contributed by atoms with Crippen molar-refractivity contribution in [2.45, 2.75) is 31.3 Å². The van der Waals surface area contributed by atoms with E-state index in [1.165, 1.54) is 12.0 Å². The molecule has 1 aliphatic heterocycles. The number of benzene rings is 2. The summed E-state index contributed by atoms with van der Waals surface area (Å²) in [5.74, 6) is 0. The van der Waals surface area contributed by atoms with Gasteiger partial charge in [0.15, 0.2) is 0 Å². The molecule has 1 saturated carbocycles. The standard InChI is InChI=1S/C23H22N4/c24-23(11-4-12-23)18-9-7-17(8-10-18)22-19(16-5-2-1-3-6-16)13-20-21(27-22)14-25-15-26-20/h1-3,5-10,13,15H,4,11-12,14,24H2,(H,25,26). The smallest absolute Gasteiger partial charge is 0.0873 e. The third-order valence-corrected chi connectivity index (χ3v) is 5.72. The van der Waals surface area contributed by atoms with Gasteiger partial charge in [-0.2, -0.15) is 0 Å². The maximum atomic E-state index is 6.49. The highest BCUT2D eigenvalue weighted by Gasteiger charge is 2.34. The van der Waals surface area contributed by atoms with Crippen LogP contribution < -0.4 is 11.1 Å². The minimum atomic E-state index is -0.136. The fourth-order valence-corrected chi connectivity index (χ4v) is 3.91. The quantitative estimate of drug-likeness (QED) is 0.716. The summed E-state index contributed by atoms with van der Waals surface area (Å²) in [5.41, 5.74) is 14.0. The summed E-state index contributed by atoms with van der Waals surface area (Å²) in [6.07, 6.45) is 5.10. The van der Waals surface area contributed by atoms with E-state index in [4.69, 9.17) is 10.7 Å². The number of aliphatic imine (C=N–C) groups is 1. The lowest BCUT2D eigenvalue weighted by Crippen LogP contribution is -2.43. The molecule has 1 aliphatic carbocycles. The van der Waals surface area contributed by atoms with E-state index in [0.29, 0.717) is 6.54 Å². The molecule has 27 heavy (non-hydrogen) atoms. The van der Waals surface area contributed by atoms with Gasteiger partial charge in [0, 0.05) is 16.7 Å². The number of nitrogens with zero attached hydrogens (tertiary/aromatic N) is 2. The van der Waals surface area contributed by atoms with E-state index in [1.807, 2.05) is 6.07 Å². The zero-order valence-electron chi connectivity index (χ0n) is 15.2. The Balaban J connectivity index is 1.62. The first-order chi connectivity index (χ1) is 13.2. The van der Waals surface area contributed by atoms with Crippen LogP contribution in [0.15, 0.2) is 65.7 Å². The van der Waals surface area contributed by atoms with Crippen LogP contribution in [0.25, 0.3) is 22.4 Å². The van der Waals surface area contributed by atoms with E-state index in [9.17, 15) is 0 Å². The SMILES string of the molecule is NC1(c2ccc(-c3nc4c(cc3-c3ccccc3)NC=NC4)cc2)CCC1. The van der Waals surface area contributed by atoms with Crippen molar-refractivity contribution in [3.8, 4) is 22.4 Å². The molecule has 4 nitrogen and oxygen atoms in total. The molecule has 1 aromatic heterocycles. The number of hydrogen-bond acceptors (Lipinski definition) is 4. The van der Waals surface area contributed by atoms with Crippen LogP contribution in [-0.4, -0.2) is 11.3 Å². The van der Waals surface area contributed by atoms with Crippen LogP contribution in [0.3, 0.4) is 0 Å². The largest absolute Gasteiger partial charge is 0.345 e. The summed E-state index contributed by atoms with van der Waals surface area (Å²) in [6.45, 7) is 0.606. The highest BCUT2D eigenvalue weighted by Crippen LogP contribution is 2.40. The molecule has 134 valence electrons. The molecule has 0 saturated heterocycles. The van der Waals surface area contributed by atoms with Crippen LogP contribution in [0.5, 0.6) is 0 Å². The number of pyridine rings is 1. The molecule has 0 radical (unpaired) electrons. The number of nitrogens with two attached hydrogens (primary N) is 1. The van der Waals surface area contributed by atoms with Crippen molar-refractivity contribution >= 4 is 12.0 Å². The fraction of sp³-hybridized carbons (Fsp3) is 0.217. The summed E-state index contributed by atoms with van der Waals surface area (Å²) in [4.78, 5) is 9.28. The van der Waals surface area contributed by atoms with Gasteiger partial charge in [0.2, 0.25) is 0 Å². The predicted octanol–water partition coefficient (Wildman–Crippen LogP) is 4.71. The molecule has 0 amide bonds. The summed E-state index contributed by atoms with van der Waals surface area (Å²) < 4.78 is 0. The number of aromatic nitrogens is 1. The van der Waals surface area contributed by atoms with Crippen molar-refractivity contribution in [1.82, 2.24) is 4.98 Å². The van der Waals surface area contributed by atoms with Gasteiger partial charge in [0.25, 0.3) is 0 Å². The Morgan fingerprint density at radius 2 is 1.70 bits per heavy atom. The third-order valence-electron chi connectivity index (χ3n) is 5.72. The molecule has 3 N–H and O–H groups in total. The molecule has 2 heterocycles. The van der Waals surface area contributed by atoms with Crippen LogP contribution in [0.4, 0.5) is 5.69 Å². The Morgan fingerprint density at radius 1 is 0.926 bits per heavy atom. The van der Waals surface area contributed by atoms with Gasteiger partial charge in [-0.25, -0.2) is 4.98 Å². The molecular weight excluding hydrogens is 332 g/mol. The molecule has 0 unspecified atom stereocenters. The van der Waals surface area contributed by atoms with E-state index in [0.717, 1.165) is 46.6 Å². The maximum absolute atomic E-state index is 6.49. The molecule has 1 fully saturated rings. The Morgan fingerprint density at radius 3 is 2.41 bits per heavy atom. The topological polar surface area (TPSA) is 63.3 Å². The van der Waals surface area contributed by atoms with E-state index in [-0.39, 0.29) is 5.54 Å². The van der Waals surface area contributed by atoms with Crippen molar-refractivity contribution < 1.29 is 0 Å². The van der Waals surface area contributed by atoms with Crippen LogP contribution in [0.2, 0.25) is 0 Å². The van der Waals surface area contributed by atoms with Gasteiger partial charge < -0.3 is 11.1 Å². The predicted molar refractivity (Wildman–Crippen MR) is 111 cm³/mol. The maximum Gasteiger partial charge on any atom is 0.0873 e. The molecule has 0 atom stereocenters. The van der Waals surface area contributed by atoms with Gasteiger partial charge in [0.05, 0.1) is 30.0 Å². The highest BCUT2D eigenvalue weighted by molar-refractivity contribution is 5.87. The summed E-state index contributed by atoms with van der Waals surface area (Å²) >= 11 is 0. The Kier molecular flexibility index (Phi) is 3.80. The van der Waals surface area contributed by atoms with Crippen molar-refractivity contribution in [2.75, 3.05) is 5.32 Å². The summed E-state index contributed by atoms with van der Waals surface area (Å²) in [7, 11) is 0. The Hall–Kier alpha value is -2.98.